The van der Waals surface area contributed by atoms with Crippen molar-refractivity contribution in [3.8, 4) is 0 Å². The SMILES string of the molecule is O=C1NC2(CCC1N1C(=O)c3cccc4cccc1c34)COC2. The molecule has 5 rings (SSSR count). The van der Waals surface area contributed by atoms with Gasteiger partial charge >= 0.3 is 0 Å². The number of hydrogen-bond donors (Lipinski definition) is 1. The zero-order chi connectivity index (χ0) is 15.6. The molecule has 0 aromatic heterocycles. The minimum atomic E-state index is -0.438. The van der Waals surface area contributed by atoms with Crippen LogP contribution in [0.5, 0.6) is 0 Å². The predicted octanol–water partition coefficient (Wildman–Crippen LogP) is 1.85. The van der Waals surface area contributed by atoms with E-state index >= 15 is 0 Å². The van der Waals surface area contributed by atoms with Crippen LogP contribution in [-0.4, -0.2) is 36.6 Å². The van der Waals surface area contributed by atoms with Gasteiger partial charge in [-0.05, 0) is 30.4 Å². The van der Waals surface area contributed by atoms with Gasteiger partial charge in [0, 0.05) is 10.9 Å². The minimum absolute atomic E-state index is 0.0715. The van der Waals surface area contributed by atoms with Crippen molar-refractivity contribution in [1.29, 1.82) is 0 Å². The van der Waals surface area contributed by atoms with Gasteiger partial charge in [0.25, 0.3) is 5.91 Å². The molecular formula is C18H16N2O3. The van der Waals surface area contributed by atoms with Gasteiger partial charge in [-0.25, -0.2) is 0 Å². The Morgan fingerprint density at radius 3 is 2.61 bits per heavy atom. The van der Waals surface area contributed by atoms with E-state index in [0.717, 1.165) is 22.9 Å². The number of anilines is 1. The minimum Gasteiger partial charge on any atom is -0.376 e. The van der Waals surface area contributed by atoms with Crippen LogP contribution in [0, 0.1) is 0 Å². The van der Waals surface area contributed by atoms with Crippen LogP contribution < -0.4 is 10.2 Å². The Labute approximate surface area is 133 Å². The van der Waals surface area contributed by atoms with E-state index in [9.17, 15) is 9.59 Å². The van der Waals surface area contributed by atoms with Gasteiger partial charge in [-0.2, -0.15) is 0 Å². The molecule has 1 atom stereocenters. The number of rotatable bonds is 1. The summed E-state index contributed by atoms with van der Waals surface area (Å²) in [6.07, 6.45) is 1.52. The molecule has 1 N–H and O–H groups in total. The van der Waals surface area contributed by atoms with Gasteiger partial charge in [-0.3, -0.25) is 14.5 Å². The molecule has 23 heavy (non-hydrogen) atoms. The number of carbonyl (C=O) groups excluding carboxylic acids is 2. The number of benzene rings is 2. The second kappa shape index (κ2) is 4.32. The van der Waals surface area contributed by atoms with Crippen LogP contribution in [0.25, 0.3) is 10.8 Å². The molecule has 1 unspecified atom stereocenters. The number of hydrogen-bond acceptors (Lipinski definition) is 3. The summed E-state index contributed by atoms with van der Waals surface area (Å²) in [4.78, 5) is 27.2. The first-order chi connectivity index (χ1) is 11.2. The topological polar surface area (TPSA) is 58.6 Å². The van der Waals surface area contributed by atoms with Crippen LogP contribution in [0.4, 0.5) is 5.69 Å². The van der Waals surface area contributed by atoms with E-state index in [2.05, 4.69) is 5.32 Å². The highest BCUT2D eigenvalue weighted by atomic mass is 16.5. The molecule has 2 aromatic carbocycles. The Bertz CT molecular complexity index is 851. The molecule has 2 saturated heterocycles. The summed E-state index contributed by atoms with van der Waals surface area (Å²) in [5.41, 5.74) is 1.34. The smallest absolute Gasteiger partial charge is 0.259 e. The molecule has 3 aliphatic heterocycles. The van der Waals surface area contributed by atoms with Gasteiger partial charge in [-0.1, -0.05) is 24.3 Å². The number of ether oxygens (including phenoxy) is 1. The van der Waals surface area contributed by atoms with Crippen molar-refractivity contribution in [3.63, 3.8) is 0 Å². The highest BCUT2D eigenvalue weighted by molar-refractivity contribution is 6.26. The lowest BCUT2D eigenvalue weighted by atomic mass is 9.84. The molecule has 1 spiro atoms. The maximum atomic E-state index is 12.9. The van der Waals surface area contributed by atoms with Crippen molar-refractivity contribution in [2.75, 3.05) is 18.1 Å². The van der Waals surface area contributed by atoms with Crippen LogP contribution in [0.1, 0.15) is 23.2 Å². The van der Waals surface area contributed by atoms with Crippen molar-refractivity contribution >= 4 is 28.3 Å². The lowest BCUT2D eigenvalue weighted by Crippen LogP contribution is -2.68. The highest BCUT2D eigenvalue weighted by Crippen LogP contribution is 2.40. The van der Waals surface area contributed by atoms with Crippen molar-refractivity contribution in [3.05, 3.63) is 42.0 Å². The van der Waals surface area contributed by atoms with Gasteiger partial charge < -0.3 is 10.1 Å². The van der Waals surface area contributed by atoms with E-state index in [1.54, 1.807) is 4.90 Å². The number of piperidine rings is 1. The van der Waals surface area contributed by atoms with Crippen LogP contribution in [0.15, 0.2) is 36.4 Å². The monoisotopic (exact) mass is 308 g/mol. The molecular weight excluding hydrogens is 292 g/mol. The number of nitrogens with one attached hydrogen (secondary N) is 1. The normalized spacial score (nSPS) is 24.9. The van der Waals surface area contributed by atoms with Gasteiger partial charge in [0.1, 0.15) is 6.04 Å². The molecule has 2 amide bonds. The fraction of sp³-hybridized carbons (Fsp3) is 0.333. The fourth-order valence-electron chi connectivity index (χ4n) is 4.01. The summed E-state index contributed by atoms with van der Waals surface area (Å²) in [7, 11) is 0. The average Bonchev–Trinajstić information content (AvgIpc) is 2.81. The summed E-state index contributed by atoms with van der Waals surface area (Å²) < 4.78 is 5.25. The molecule has 2 aromatic rings. The van der Waals surface area contributed by atoms with Gasteiger partial charge in [-0.15, -0.1) is 0 Å². The standard InChI is InChI=1S/C18H16N2O3/c21-16-14(7-8-18(19-16)9-23-10-18)20-13-6-2-4-11-3-1-5-12(15(11)13)17(20)22/h1-6,14H,7-10H2,(H,19,21). The Morgan fingerprint density at radius 2 is 1.91 bits per heavy atom. The van der Waals surface area contributed by atoms with Gasteiger partial charge in [0.2, 0.25) is 5.91 Å². The second-order valence-electron chi connectivity index (χ2n) is 6.67. The largest absolute Gasteiger partial charge is 0.376 e. The second-order valence-corrected chi connectivity index (χ2v) is 6.67. The Kier molecular flexibility index (Phi) is 2.46. The van der Waals surface area contributed by atoms with Crippen molar-refractivity contribution < 1.29 is 14.3 Å². The quantitative estimate of drug-likeness (QED) is 0.874. The molecule has 0 aliphatic carbocycles. The zero-order valence-electron chi connectivity index (χ0n) is 12.5. The Hall–Kier alpha value is -2.40. The lowest BCUT2D eigenvalue weighted by molar-refractivity contribution is -0.140. The third-order valence-electron chi connectivity index (χ3n) is 5.25. The average molecular weight is 308 g/mol. The Morgan fingerprint density at radius 1 is 1.13 bits per heavy atom. The summed E-state index contributed by atoms with van der Waals surface area (Å²) in [5.74, 6) is -0.143. The Balaban J connectivity index is 1.56. The summed E-state index contributed by atoms with van der Waals surface area (Å²) in [5, 5.41) is 5.07. The number of carbonyl (C=O) groups is 2. The van der Waals surface area contributed by atoms with Gasteiger partial charge in [0.15, 0.2) is 0 Å². The van der Waals surface area contributed by atoms with E-state index < -0.39 is 6.04 Å². The maximum absolute atomic E-state index is 12.9. The van der Waals surface area contributed by atoms with E-state index in [1.807, 2.05) is 36.4 Å². The highest BCUT2D eigenvalue weighted by Gasteiger charge is 2.48. The van der Waals surface area contributed by atoms with E-state index in [4.69, 9.17) is 4.74 Å². The molecule has 5 nitrogen and oxygen atoms in total. The zero-order valence-corrected chi connectivity index (χ0v) is 12.5. The van der Waals surface area contributed by atoms with E-state index in [-0.39, 0.29) is 17.4 Å². The maximum Gasteiger partial charge on any atom is 0.259 e. The molecule has 116 valence electrons. The van der Waals surface area contributed by atoms with Crippen LogP contribution in [0.3, 0.4) is 0 Å². The van der Waals surface area contributed by atoms with Crippen molar-refractivity contribution in [2.24, 2.45) is 0 Å². The molecule has 2 fully saturated rings. The molecule has 0 bridgehead atoms. The van der Waals surface area contributed by atoms with Gasteiger partial charge in [0.05, 0.1) is 24.4 Å². The number of amides is 2. The predicted molar refractivity (Wildman–Crippen MR) is 85.5 cm³/mol. The summed E-state index contributed by atoms with van der Waals surface area (Å²) in [6, 6.07) is 11.2. The third kappa shape index (κ3) is 1.65. The molecule has 5 heteroatoms. The molecule has 3 aliphatic rings. The van der Waals surface area contributed by atoms with Crippen molar-refractivity contribution in [1.82, 2.24) is 5.32 Å². The number of nitrogens with zero attached hydrogens (tertiary/aromatic N) is 1. The van der Waals surface area contributed by atoms with Crippen LogP contribution in [-0.2, 0) is 9.53 Å². The van der Waals surface area contributed by atoms with E-state index in [0.29, 0.717) is 25.2 Å². The fourth-order valence-corrected chi connectivity index (χ4v) is 4.01. The molecule has 0 saturated carbocycles. The first-order valence-corrected chi connectivity index (χ1v) is 7.94. The van der Waals surface area contributed by atoms with Crippen LogP contribution >= 0.6 is 0 Å². The first-order valence-electron chi connectivity index (χ1n) is 7.94. The summed E-state index contributed by atoms with van der Waals surface area (Å²) >= 11 is 0. The van der Waals surface area contributed by atoms with E-state index in [1.165, 1.54) is 0 Å². The lowest BCUT2D eigenvalue weighted by Gasteiger charge is -2.47. The molecule has 0 radical (unpaired) electrons. The van der Waals surface area contributed by atoms with Crippen LogP contribution in [0.2, 0.25) is 0 Å². The van der Waals surface area contributed by atoms with Crippen molar-refractivity contribution in [2.45, 2.75) is 24.4 Å². The summed E-state index contributed by atoms with van der Waals surface area (Å²) in [6.45, 7) is 1.16. The first kappa shape index (κ1) is 13.1. The third-order valence-corrected chi connectivity index (χ3v) is 5.25. The molecule has 3 heterocycles.